The molecule has 21 heavy (non-hydrogen) atoms. The van der Waals surface area contributed by atoms with E-state index >= 15 is 0 Å². The Labute approximate surface area is 123 Å². The van der Waals surface area contributed by atoms with Gasteiger partial charge in [0, 0.05) is 45.2 Å². The van der Waals surface area contributed by atoms with Crippen LogP contribution in [0.2, 0.25) is 0 Å². The lowest BCUT2D eigenvalue weighted by Crippen LogP contribution is -2.38. The van der Waals surface area contributed by atoms with E-state index in [1.54, 1.807) is 11.2 Å². The van der Waals surface area contributed by atoms with Crippen LogP contribution in [0.3, 0.4) is 0 Å². The Balaban J connectivity index is 1.70. The number of fused-ring (bicyclic) bond motifs is 1. The van der Waals surface area contributed by atoms with Crippen molar-refractivity contribution >= 4 is 11.6 Å². The van der Waals surface area contributed by atoms with E-state index in [9.17, 15) is 4.79 Å². The van der Waals surface area contributed by atoms with Gasteiger partial charge in [-0.3, -0.25) is 4.79 Å². The third kappa shape index (κ3) is 2.67. The number of anilines is 1. The molecule has 0 saturated heterocycles. The number of amides is 1. The first-order valence-electron chi connectivity index (χ1n) is 7.08. The maximum Gasteiger partial charge on any atom is 0.228 e. The molecule has 3 rings (SSSR count). The molecule has 2 aromatic rings. The van der Waals surface area contributed by atoms with Crippen molar-refractivity contribution in [2.45, 2.75) is 18.9 Å². The monoisotopic (exact) mass is 285 g/mol. The zero-order valence-electron chi connectivity index (χ0n) is 12.3. The lowest BCUT2D eigenvalue weighted by molar-refractivity contribution is -0.119. The second kappa shape index (κ2) is 5.65. The number of nitrogens with zero attached hydrogens (tertiary/aromatic N) is 4. The number of carbonyl (C=O) groups is 1. The summed E-state index contributed by atoms with van der Waals surface area (Å²) in [5.74, 6) is 1.08. The molecule has 0 bridgehead atoms. The summed E-state index contributed by atoms with van der Waals surface area (Å²) in [5.41, 5.74) is 2.17. The number of para-hydroxylation sites is 1. The van der Waals surface area contributed by atoms with Crippen LogP contribution in [0.1, 0.15) is 23.9 Å². The maximum atomic E-state index is 12.1. The maximum absolute atomic E-state index is 12.1. The normalized spacial score (nSPS) is 17.9. The number of aryl methyl sites for hydroxylation is 1. The highest BCUT2D eigenvalue weighted by Gasteiger charge is 2.28. The van der Waals surface area contributed by atoms with Crippen LogP contribution in [-0.4, -0.2) is 34.3 Å². The summed E-state index contributed by atoms with van der Waals surface area (Å²) in [6, 6.07) is 8.12. The van der Waals surface area contributed by atoms with Gasteiger partial charge < -0.3 is 14.8 Å². The summed E-state index contributed by atoms with van der Waals surface area (Å²) in [7, 11) is 3.76. The van der Waals surface area contributed by atoms with Gasteiger partial charge in [-0.05, 0) is 11.6 Å². The summed E-state index contributed by atoms with van der Waals surface area (Å²) in [5, 5.41) is 11.4. The highest BCUT2D eigenvalue weighted by molar-refractivity contribution is 5.96. The van der Waals surface area contributed by atoms with Crippen molar-refractivity contribution in [3.05, 3.63) is 42.0 Å². The summed E-state index contributed by atoms with van der Waals surface area (Å²) >= 11 is 0. The fourth-order valence-corrected chi connectivity index (χ4v) is 2.72. The number of aromatic nitrogens is 3. The molecule has 0 saturated carbocycles. The molecule has 0 fully saturated rings. The standard InChI is InChI=1S/C15H19N5O/c1-19-10-17-18-14(19)7-8-16-12-9-15(21)20(2)13-6-4-3-5-11(12)13/h3-6,10,12,16H,7-9H2,1-2H3. The number of hydrogen-bond donors (Lipinski definition) is 1. The smallest absolute Gasteiger partial charge is 0.228 e. The van der Waals surface area contributed by atoms with Crippen LogP contribution in [0, 0.1) is 0 Å². The van der Waals surface area contributed by atoms with Crippen LogP contribution in [0.4, 0.5) is 5.69 Å². The molecule has 1 unspecified atom stereocenters. The third-order valence-electron chi connectivity index (χ3n) is 3.97. The van der Waals surface area contributed by atoms with Gasteiger partial charge in [-0.1, -0.05) is 18.2 Å². The van der Waals surface area contributed by atoms with E-state index in [-0.39, 0.29) is 11.9 Å². The number of carbonyl (C=O) groups excluding carboxylic acids is 1. The molecule has 1 N–H and O–H groups in total. The fraction of sp³-hybridized carbons (Fsp3) is 0.400. The van der Waals surface area contributed by atoms with Crippen molar-refractivity contribution in [1.29, 1.82) is 0 Å². The average molecular weight is 285 g/mol. The van der Waals surface area contributed by atoms with Gasteiger partial charge in [-0.15, -0.1) is 10.2 Å². The predicted molar refractivity (Wildman–Crippen MR) is 79.9 cm³/mol. The van der Waals surface area contributed by atoms with E-state index < -0.39 is 0 Å². The van der Waals surface area contributed by atoms with E-state index in [0.717, 1.165) is 24.5 Å². The zero-order valence-corrected chi connectivity index (χ0v) is 12.3. The number of benzene rings is 1. The fourth-order valence-electron chi connectivity index (χ4n) is 2.72. The van der Waals surface area contributed by atoms with Gasteiger partial charge in [-0.2, -0.15) is 0 Å². The van der Waals surface area contributed by atoms with Crippen LogP contribution in [0.25, 0.3) is 0 Å². The van der Waals surface area contributed by atoms with Crippen molar-refractivity contribution in [2.24, 2.45) is 7.05 Å². The van der Waals surface area contributed by atoms with Crippen molar-refractivity contribution in [2.75, 3.05) is 18.5 Å². The van der Waals surface area contributed by atoms with Gasteiger partial charge in [0.2, 0.25) is 5.91 Å². The number of nitrogens with one attached hydrogen (secondary N) is 1. The molecular formula is C15H19N5O. The average Bonchev–Trinajstić information content (AvgIpc) is 2.90. The van der Waals surface area contributed by atoms with Crippen LogP contribution >= 0.6 is 0 Å². The first-order valence-corrected chi connectivity index (χ1v) is 7.08. The quantitative estimate of drug-likeness (QED) is 0.912. The first kappa shape index (κ1) is 13.8. The van der Waals surface area contributed by atoms with E-state index in [1.807, 2.05) is 36.9 Å². The minimum Gasteiger partial charge on any atom is -0.321 e. The summed E-state index contributed by atoms with van der Waals surface area (Å²) in [4.78, 5) is 13.8. The van der Waals surface area contributed by atoms with Crippen LogP contribution in [-0.2, 0) is 18.3 Å². The molecular weight excluding hydrogens is 266 g/mol. The molecule has 1 atom stereocenters. The van der Waals surface area contributed by atoms with E-state index in [1.165, 1.54) is 5.56 Å². The van der Waals surface area contributed by atoms with Gasteiger partial charge in [-0.25, -0.2) is 0 Å². The molecule has 1 aliphatic rings. The Morgan fingerprint density at radius 3 is 2.90 bits per heavy atom. The van der Waals surface area contributed by atoms with Crippen LogP contribution in [0.5, 0.6) is 0 Å². The van der Waals surface area contributed by atoms with Crippen molar-refractivity contribution in [1.82, 2.24) is 20.1 Å². The predicted octanol–water partition coefficient (Wildman–Crippen LogP) is 1.05. The zero-order chi connectivity index (χ0) is 14.8. The molecule has 0 spiro atoms. The molecule has 1 aromatic heterocycles. The molecule has 1 amide bonds. The summed E-state index contributed by atoms with van der Waals surface area (Å²) in [6.07, 6.45) is 2.98. The lowest BCUT2D eigenvalue weighted by Gasteiger charge is -2.32. The largest absolute Gasteiger partial charge is 0.321 e. The molecule has 0 radical (unpaired) electrons. The minimum absolute atomic E-state index is 0.0677. The van der Waals surface area contributed by atoms with Crippen molar-refractivity contribution in [3.63, 3.8) is 0 Å². The van der Waals surface area contributed by atoms with Gasteiger partial charge in [0.25, 0.3) is 0 Å². The highest BCUT2D eigenvalue weighted by atomic mass is 16.2. The number of rotatable bonds is 4. The molecule has 110 valence electrons. The van der Waals surface area contributed by atoms with Crippen molar-refractivity contribution < 1.29 is 4.79 Å². The Morgan fingerprint density at radius 2 is 2.14 bits per heavy atom. The molecule has 0 aliphatic carbocycles. The highest BCUT2D eigenvalue weighted by Crippen LogP contribution is 2.33. The SMILES string of the molecule is CN1C(=O)CC(NCCc2nncn2C)c2ccccc21. The van der Waals surface area contributed by atoms with Crippen LogP contribution < -0.4 is 10.2 Å². The second-order valence-corrected chi connectivity index (χ2v) is 5.33. The Morgan fingerprint density at radius 1 is 1.33 bits per heavy atom. The Bertz CT molecular complexity index is 651. The lowest BCUT2D eigenvalue weighted by atomic mass is 9.96. The van der Waals surface area contributed by atoms with Gasteiger partial charge in [0.1, 0.15) is 12.2 Å². The summed E-state index contributed by atoms with van der Waals surface area (Å²) < 4.78 is 1.91. The van der Waals surface area contributed by atoms with E-state index in [0.29, 0.717) is 6.42 Å². The van der Waals surface area contributed by atoms with E-state index in [2.05, 4.69) is 21.6 Å². The molecule has 2 heterocycles. The summed E-state index contributed by atoms with van der Waals surface area (Å²) in [6.45, 7) is 0.766. The van der Waals surface area contributed by atoms with Crippen molar-refractivity contribution in [3.8, 4) is 0 Å². The Kier molecular flexibility index (Phi) is 3.70. The second-order valence-electron chi connectivity index (χ2n) is 5.33. The third-order valence-corrected chi connectivity index (χ3v) is 3.97. The first-order chi connectivity index (χ1) is 10.2. The molecule has 1 aliphatic heterocycles. The van der Waals surface area contributed by atoms with Gasteiger partial charge in [0.05, 0.1) is 0 Å². The van der Waals surface area contributed by atoms with Gasteiger partial charge >= 0.3 is 0 Å². The molecule has 6 heteroatoms. The molecule has 1 aromatic carbocycles. The van der Waals surface area contributed by atoms with Gasteiger partial charge in [0.15, 0.2) is 0 Å². The Hall–Kier alpha value is -2.21. The van der Waals surface area contributed by atoms with Crippen LogP contribution in [0.15, 0.2) is 30.6 Å². The van der Waals surface area contributed by atoms with E-state index in [4.69, 9.17) is 0 Å². The molecule has 6 nitrogen and oxygen atoms in total. The number of hydrogen-bond acceptors (Lipinski definition) is 4. The minimum atomic E-state index is 0.0677. The topological polar surface area (TPSA) is 63.1 Å².